The molecule has 1 atom stereocenters. The van der Waals surface area contributed by atoms with Gasteiger partial charge in [-0.25, -0.2) is 0 Å². The summed E-state index contributed by atoms with van der Waals surface area (Å²) in [5.74, 6) is 0. The molecule has 0 saturated heterocycles. The summed E-state index contributed by atoms with van der Waals surface area (Å²) in [6.07, 6.45) is 1.20. The van der Waals surface area contributed by atoms with Crippen LogP contribution in [0.1, 0.15) is 41.0 Å². The maximum atomic E-state index is 9.55. The van der Waals surface area contributed by atoms with Crippen molar-refractivity contribution in [2.45, 2.75) is 46.6 Å². The van der Waals surface area contributed by atoms with Gasteiger partial charge >= 0.3 is 0 Å². The topological polar surface area (TPSA) is 38.7 Å². The van der Waals surface area contributed by atoms with Crippen LogP contribution in [0.15, 0.2) is 0 Å². The van der Waals surface area contributed by atoms with Crippen LogP contribution in [0.25, 0.3) is 0 Å². The number of nitrogens with zero attached hydrogens (tertiary/aromatic N) is 2. The second-order valence-electron chi connectivity index (χ2n) is 5.50. The van der Waals surface area contributed by atoms with Gasteiger partial charge in [-0.2, -0.15) is 0 Å². The Bertz CT molecular complexity index is 210. The molecule has 0 rings (SSSR count). The quantitative estimate of drug-likeness (QED) is 0.564. The van der Waals surface area contributed by atoms with Crippen molar-refractivity contribution in [3.05, 3.63) is 0 Å². The van der Waals surface area contributed by atoms with Crippen molar-refractivity contribution in [2.75, 3.05) is 52.4 Å². The van der Waals surface area contributed by atoms with Crippen molar-refractivity contribution in [3.8, 4) is 0 Å². The van der Waals surface area contributed by atoms with Gasteiger partial charge in [0.15, 0.2) is 0 Å². The predicted octanol–water partition coefficient (Wildman–Crippen LogP) is 1.40. The zero-order valence-electron chi connectivity index (χ0n) is 13.7. The van der Waals surface area contributed by atoms with Gasteiger partial charge in [-0.05, 0) is 52.6 Å². The van der Waals surface area contributed by atoms with Crippen molar-refractivity contribution in [2.24, 2.45) is 0 Å². The maximum absolute atomic E-state index is 9.55. The molecule has 0 aromatic rings. The molecule has 0 radical (unpaired) electrons. The third kappa shape index (κ3) is 7.88. The molecule has 0 aliphatic heterocycles. The van der Waals surface area contributed by atoms with Crippen LogP contribution in [-0.2, 0) is 0 Å². The molecule has 0 spiro atoms. The zero-order chi connectivity index (χ0) is 14.7. The summed E-state index contributed by atoms with van der Waals surface area (Å²) in [7, 11) is 0. The number of hydrogen-bond acceptors (Lipinski definition) is 4. The molecule has 4 nitrogen and oxygen atoms in total. The first-order chi connectivity index (χ1) is 9.05. The summed E-state index contributed by atoms with van der Waals surface area (Å²) in [6.45, 7) is 18.4. The van der Waals surface area contributed by atoms with Gasteiger partial charge in [-0.1, -0.05) is 27.7 Å². The predicted molar refractivity (Wildman–Crippen MR) is 83.7 cm³/mol. The molecule has 0 saturated carbocycles. The van der Waals surface area contributed by atoms with E-state index in [0.717, 1.165) is 39.3 Å². The van der Waals surface area contributed by atoms with E-state index in [4.69, 9.17) is 0 Å². The van der Waals surface area contributed by atoms with Crippen LogP contribution in [0.2, 0.25) is 0 Å². The average molecular weight is 273 g/mol. The molecule has 2 N–H and O–H groups in total. The second-order valence-corrected chi connectivity index (χ2v) is 5.50. The van der Waals surface area contributed by atoms with Gasteiger partial charge in [0.2, 0.25) is 0 Å². The third-order valence-electron chi connectivity index (χ3n) is 3.82. The molecule has 0 aromatic carbocycles. The number of nitrogens with one attached hydrogen (secondary N) is 1. The van der Waals surface area contributed by atoms with E-state index in [1.54, 1.807) is 0 Å². The Morgan fingerprint density at radius 1 is 0.947 bits per heavy atom. The molecule has 1 unspecified atom stereocenters. The highest BCUT2D eigenvalue weighted by Gasteiger charge is 2.24. The minimum atomic E-state index is -0.181. The molecular formula is C15H35N3O. The monoisotopic (exact) mass is 273 g/mol. The fraction of sp³-hybridized carbons (Fsp3) is 1.00. The van der Waals surface area contributed by atoms with Crippen LogP contribution in [0.4, 0.5) is 0 Å². The molecule has 0 bridgehead atoms. The standard InChI is InChI=1S/C15H35N3O/c1-6-16-15(5,14-19)13-18(9-4)12-10-11-17(7-2)8-3/h16,19H,6-14H2,1-5H3. The SMILES string of the molecule is CCNC(C)(CO)CN(CC)CCCN(CC)CC. The molecule has 0 heterocycles. The highest BCUT2D eigenvalue weighted by molar-refractivity contribution is 4.85. The van der Waals surface area contributed by atoms with Gasteiger partial charge in [-0.15, -0.1) is 0 Å². The van der Waals surface area contributed by atoms with Gasteiger partial charge in [0, 0.05) is 6.54 Å². The van der Waals surface area contributed by atoms with Gasteiger partial charge in [-0.3, -0.25) is 0 Å². The minimum Gasteiger partial charge on any atom is -0.394 e. The Morgan fingerprint density at radius 2 is 1.47 bits per heavy atom. The first-order valence-corrected chi connectivity index (χ1v) is 7.85. The summed E-state index contributed by atoms with van der Waals surface area (Å²) in [6, 6.07) is 0. The summed E-state index contributed by atoms with van der Waals surface area (Å²) < 4.78 is 0. The lowest BCUT2D eigenvalue weighted by atomic mass is 10.0. The highest BCUT2D eigenvalue weighted by Crippen LogP contribution is 2.07. The first-order valence-electron chi connectivity index (χ1n) is 7.85. The van der Waals surface area contributed by atoms with Gasteiger partial charge in [0.25, 0.3) is 0 Å². The van der Waals surface area contributed by atoms with E-state index < -0.39 is 0 Å². The van der Waals surface area contributed by atoms with Crippen LogP contribution in [0, 0.1) is 0 Å². The van der Waals surface area contributed by atoms with E-state index in [9.17, 15) is 5.11 Å². The average Bonchev–Trinajstić information content (AvgIpc) is 2.42. The largest absolute Gasteiger partial charge is 0.394 e. The van der Waals surface area contributed by atoms with E-state index in [-0.39, 0.29) is 12.1 Å². The molecule has 0 fully saturated rings. The summed E-state index contributed by atoms with van der Waals surface area (Å²) in [5, 5.41) is 12.9. The highest BCUT2D eigenvalue weighted by atomic mass is 16.3. The fourth-order valence-electron chi connectivity index (χ4n) is 2.49. The normalized spacial score (nSPS) is 15.2. The van der Waals surface area contributed by atoms with Crippen molar-refractivity contribution < 1.29 is 5.11 Å². The molecule has 4 heteroatoms. The number of likely N-dealkylation sites (N-methyl/N-ethyl adjacent to an activating group) is 2. The van der Waals surface area contributed by atoms with Crippen LogP contribution in [0.3, 0.4) is 0 Å². The molecule has 0 aliphatic carbocycles. The first kappa shape index (κ1) is 18.8. The van der Waals surface area contributed by atoms with Crippen LogP contribution in [-0.4, -0.2) is 72.9 Å². The fourth-order valence-corrected chi connectivity index (χ4v) is 2.49. The number of aliphatic hydroxyl groups excluding tert-OH is 1. The van der Waals surface area contributed by atoms with Crippen LogP contribution >= 0.6 is 0 Å². The lowest BCUT2D eigenvalue weighted by molar-refractivity contribution is 0.121. The van der Waals surface area contributed by atoms with Crippen LogP contribution in [0.5, 0.6) is 0 Å². The Kier molecular flexibility index (Phi) is 10.5. The Hall–Kier alpha value is -0.160. The Balaban J connectivity index is 4.12. The van der Waals surface area contributed by atoms with E-state index in [0.29, 0.717) is 0 Å². The van der Waals surface area contributed by atoms with Crippen molar-refractivity contribution in [3.63, 3.8) is 0 Å². The maximum Gasteiger partial charge on any atom is 0.0623 e. The lowest BCUT2D eigenvalue weighted by Gasteiger charge is -2.34. The van der Waals surface area contributed by atoms with Gasteiger partial charge in [0.1, 0.15) is 0 Å². The molecule has 19 heavy (non-hydrogen) atoms. The minimum absolute atomic E-state index is 0.181. The Labute approximate surface area is 120 Å². The third-order valence-corrected chi connectivity index (χ3v) is 3.82. The molecule has 116 valence electrons. The van der Waals surface area contributed by atoms with Crippen LogP contribution < -0.4 is 5.32 Å². The van der Waals surface area contributed by atoms with Crippen molar-refractivity contribution in [1.82, 2.24) is 15.1 Å². The second kappa shape index (κ2) is 10.6. The number of rotatable bonds is 12. The molecule has 0 aromatic heterocycles. The Morgan fingerprint density at radius 3 is 1.89 bits per heavy atom. The van der Waals surface area contributed by atoms with Gasteiger partial charge in [0.05, 0.1) is 12.1 Å². The zero-order valence-corrected chi connectivity index (χ0v) is 13.7. The van der Waals surface area contributed by atoms with Crippen molar-refractivity contribution >= 4 is 0 Å². The smallest absolute Gasteiger partial charge is 0.0623 e. The summed E-state index contributed by atoms with van der Waals surface area (Å²) in [5.41, 5.74) is -0.181. The van der Waals surface area contributed by atoms with E-state index in [1.807, 2.05) is 0 Å². The van der Waals surface area contributed by atoms with E-state index in [1.165, 1.54) is 13.0 Å². The van der Waals surface area contributed by atoms with E-state index in [2.05, 4.69) is 49.7 Å². The molecular weight excluding hydrogens is 238 g/mol. The van der Waals surface area contributed by atoms with Gasteiger partial charge < -0.3 is 20.2 Å². The summed E-state index contributed by atoms with van der Waals surface area (Å²) in [4.78, 5) is 4.89. The molecule has 0 aliphatic rings. The number of hydrogen-bond donors (Lipinski definition) is 2. The number of aliphatic hydroxyl groups is 1. The lowest BCUT2D eigenvalue weighted by Crippen LogP contribution is -2.54. The summed E-state index contributed by atoms with van der Waals surface area (Å²) >= 11 is 0. The van der Waals surface area contributed by atoms with Crippen molar-refractivity contribution in [1.29, 1.82) is 0 Å². The van der Waals surface area contributed by atoms with E-state index >= 15 is 0 Å². The molecule has 0 amide bonds.